The largest absolute Gasteiger partial charge is 0.508 e. The van der Waals surface area contributed by atoms with E-state index in [1.807, 2.05) is 6.07 Å². The molecule has 25 heavy (non-hydrogen) atoms. The number of phenolic OH excluding ortho intramolecular Hbond substituents is 1. The van der Waals surface area contributed by atoms with Gasteiger partial charge in [0.2, 0.25) is 0 Å². The predicted octanol–water partition coefficient (Wildman–Crippen LogP) is 5.11. The molecule has 4 nitrogen and oxygen atoms in total. The summed E-state index contributed by atoms with van der Waals surface area (Å²) in [5.74, 6) is 0.227. The summed E-state index contributed by atoms with van der Waals surface area (Å²) >= 11 is 5.18. The van der Waals surface area contributed by atoms with Crippen molar-refractivity contribution in [3.05, 3.63) is 29.8 Å². The molecule has 0 aliphatic heterocycles. The first-order chi connectivity index (χ1) is 12.2. The normalized spacial score (nSPS) is 10.9. The molecule has 0 aliphatic rings. The smallest absolute Gasteiger partial charge is 0.186 e. The molecule has 0 spiro atoms. The van der Waals surface area contributed by atoms with Crippen LogP contribution >= 0.6 is 12.2 Å². The second-order valence-electron chi connectivity index (χ2n) is 6.40. The Morgan fingerprint density at radius 2 is 1.68 bits per heavy atom. The first-order valence-electron chi connectivity index (χ1n) is 9.58. The number of benzene rings is 1. The monoisotopic (exact) mass is 363 g/mol. The Bertz CT molecular complexity index is 505. The van der Waals surface area contributed by atoms with E-state index >= 15 is 0 Å². The second-order valence-corrected chi connectivity index (χ2v) is 6.81. The number of aromatic hydroxyl groups is 1. The van der Waals surface area contributed by atoms with Crippen LogP contribution in [0.4, 0.5) is 0 Å². The third-order valence-electron chi connectivity index (χ3n) is 4.07. The number of hydrogen-bond donors (Lipinski definition) is 3. The van der Waals surface area contributed by atoms with Crippen molar-refractivity contribution in [2.75, 3.05) is 6.54 Å². The van der Waals surface area contributed by atoms with E-state index in [1.54, 1.807) is 24.4 Å². The van der Waals surface area contributed by atoms with Gasteiger partial charge >= 0.3 is 0 Å². The van der Waals surface area contributed by atoms with Gasteiger partial charge < -0.3 is 10.4 Å². The molecule has 0 saturated heterocycles. The Kier molecular flexibility index (Phi) is 12.6. The van der Waals surface area contributed by atoms with Crippen molar-refractivity contribution in [3.8, 4) is 5.75 Å². The fourth-order valence-corrected chi connectivity index (χ4v) is 2.78. The lowest BCUT2D eigenvalue weighted by molar-refractivity contribution is 0.475. The lowest BCUT2D eigenvalue weighted by Crippen LogP contribution is -2.32. The maximum absolute atomic E-state index is 9.37. The molecular formula is C20H33N3OS. The van der Waals surface area contributed by atoms with Gasteiger partial charge in [0.15, 0.2) is 5.11 Å². The van der Waals surface area contributed by atoms with Crippen LogP contribution in [0.25, 0.3) is 0 Å². The van der Waals surface area contributed by atoms with Crippen LogP contribution in [0.2, 0.25) is 0 Å². The van der Waals surface area contributed by atoms with Crippen molar-refractivity contribution in [2.24, 2.45) is 5.10 Å². The number of nitrogens with zero attached hydrogens (tertiary/aromatic N) is 1. The molecule has 1 aromatic carbocycles. The van der Waals surface area contributed by atoms with Gasteiger partial charge in [0.1, 0.15) is 5.75 Å². The van der Waals surface area contributed by atoms with Crippen molar-refractivity contribution in [1.29, 1.82) is 0 Å². The van der Waals surface area contributed by atoms with E-state index in [0.717, 1.165) is 18.5 Å². The van der Waals surface area contributed by atoms with Crippen LogP contribution in [-0.4, -0.2) is 23.0 Å². The fraction of sp³-hybridized carbons (Fsp3) is 0.600. The van der Waals surface area contributed by atoms with E-state index in [9.17, 15) is 5.11 Å². The molecule has 1 aromatic rings. The van der Waals surface area contributed by atoms with Crippen LogP contribution in [0.5, 0.6) is 5.75 Å². The van der Waals surface area contributed by atoms with Crippen molar-refractivity contribution in [2.45, 2.75) is 71.1 Å². The van der Waals surface area contributed by atoms with Gasteiger partial charge in [-0.3, -0.25) is 5.43 Å². The van der Waals surface area contributed by atoms with E-state index in [2.05, 4.69) is 22.8 Å². The number of phenols is 1. The molecule has 0 fully saturated rings. The molecule has 0 bridgehead atoms. The standard InChI is InChI=1S/C20H33N3OS/c1-2-3-4-5-6-7-8-9-10-11-15-21-20(25)23-22-17-18-13-12-14-19(24)16-18/h12-14,16-17,24H,2-11,15H2,1H3,(H2,21,23,25)/b22-17-. The molecule has 5 heteroatoms. The SMILES string of the molecule is CCCCCCCCCCCCNC(=S)N/N=C\c1cccc(O)c1. The summed E-state index contributed by atoms with van der Waals surface area (Å²) in [4.78, 5) is 0. The topological polar surface area (TPSA) is 56.7 Å². The summed E-state index contributed by atoms with van der Waals surface area (Å²) in [5, 5.41) is 17.1. The molecule has 140 valence electrons. The molecule has 0 heterocycles. The molecule has 0 atom stereocenters. The summed E-state index contributed by atoms with van der Waals surface area (Å²) in [6, 6.07) is 6.92. The van der Waals surface area contributed by atoms with E-state index in [1.165, 1.54) is 57.8 Å². The van der Waals surface area contributed by atoms with Gasteiger partial charge in [-0.05, 0) is 36.3 Å². The number of rotatable bonds is 13. The molecule has 0 radical (unpaired) electrons. The van der Waals surface area contributed by atoms with Crippen LogP contribution < -0.4 is 10.7 Å². The van der Waals surface area contributed by atoms with Gasteiger partial charge in [0.05, 0.1) is 6.21 Å². The van der Waals surface area contributed by atoms with E-state index in [-0.39, 0.29) is 5.75 Å². The van der Waals surface area contributed by atoms with Crippen LogP contribution in [0, 0.1) is 0 Å². The minimum absolute atomic E-state index is 0.227. The van der Waals surface area contributed by atoms with Crippen LogP contribution in [0.3, 0.4) is 0 Å². The Hall–Kier alpha value is -1.62. The molecule has 0 aliphatic carbocycles. The summed E-state index contributed by atoms with van der Waals surface area (Å²) in [6.07, 6.45) is 15.0. The van der Waals surface area contributed by atoms with Gasteiger partial charge in [-0.2, -0.15) is 5.10 Å². The quantitative estimate of drug-likeness (QED) is 0.197. The third kappa shape index (κ3) is 12.4. The minimum atomic E-state index is 0.227. The summed E-state index contributed by atoms with van der Waals surface area (Å²) in [5.41, 5.74) is 3.62. The van der Waals surface area contributed by atoms with Crippen LogP contribution in [-0.2, 0) is 0 Å². The Balaban J connectivity index is 1.93. The molecule has 1 rings (SSSR count). The van der Waals surface area contributed by atoms with E-state index in [4.69, 9.17) is 12.2 Å². The van der Waals surface area contributed by atoms with E-state index < -0.39 is 0 Å². The summed E-state index contributed by atoms with van der Waals surface area (Å²) in [6.45, 7) is 3.14. The number of nitrogens with one attached hydrogen (secondary N) is 2. The Labute approximate surface area is 158 Å². The second kappa shape index (κ2) is 14.7. The fourth-order valence-electron chi connectivity index (χ4n) is 2.62. The Morgan fingerprint density at radius 3 is 2.32 bits per heavy atom. The van der Waals surface area contributed by atoms with E-state index in [0.29, 0.717) is 5.11 Å². The molecule has 0 aromatic heterocycles. The summed E-state index contributed by atoms with van der Waals surface area (Å²) in [7, 11) is 0. The van der Waals surface area contributed by atoms with Crippen molar-refractivity contribution < 1.29 is 5.11 Å². The predicted molar refractivity (Wildman–Crippen MR) is 111 cm³/mol. The van der Waals surface area contributed by atoms with Gasteiger partial charge in [-0.15, -0.1) is 0 Å². The lowest BCUT2D eigenvalue weighted by atomic mass is 10.1. The zero-order chi connectivity index (χ0) is 18.2. The highest BCUT2D eigenvalue weighted by atomic mass is 32.1. The molecule has 0 amide bonds. The van der Waals surface area contributed by atoms with Crippen molar-refractivity contribution in [1.82, 2.24) is 10.7 Å². The third-order valence-corrected chi connectivity index (χ3v) is 4.30. The van der Waals surface area contributed by atoms with Gasteiger partial charge in [0, 0.05) is 6.54 Å². The molecule has 0 unspecified atom stereocenters. The number of hydrazone groups is 1. The lowest BCUT2D eigenvalue weighted by Gasteiger charge is -2.07. The first-order valence-corrected chi connectivity index (χ1v) is 9.99. The Morgan fingerprint density at radius 1 is 1.04 bits per heavy atom. The average molecular weight is 364 g/mol. The zero-order valence-corrected chi connectivity index (χ0v) is 16.3. The van der Waals surface area contributed by atoms with Crippen LogP contribution in [0.15, 0.2) is 29.4 Å². The molecular weight excluding hydrogens is 330 g/mol. The maximum Gasteiger partial charge on any atom is 0.186 e. The molecule has 0 saturated carbocycles. The van der Waals surface area contributed by atoms with Crippen molar-refractivity contribution in [3.63, 3.8) is 0 Å². The van der Waals surface area contributed by atoms with Crippen LogP contribution in [0.1, 0.15) is 76.7 Å². The van der Waals surface area contributed by atoms with Crippen molar-refractivity contribution >= 4 is 23.5 Å². The maximum atomic E-state index is 9.37. The first kappa shape index (κ1) is 21.4. The zero-order valence-electron chi connectivity index (χ0n) is 15.5. The number of unbranched alkanes of at least 4 members (excludes halogenated alkanes) is 9. The van der Waals surface area contributed by atoms with Gasteiger partial charge in [-0.1, -0.05) is 76.8 Å². The minimum Gasteiger partial charge on any atom is -0.508 e. The molecule has 3 N–H and O–H groups in total. The highest BCUT2D eigenvalue weighted by Crippen LogP contribution is 2.10. The summed E-state index contributed by atoms with van der Waals surface area (Å²) < 4.78 is 0. The van der Waals surface area contributed by atoms with Gasteiger partial charge in [0.25, 0.3) is 0 Å². The highest BCUT2D eigenvalue weighted by Gasteiger charge is 1.95. The average Bonchev–Trinajstić information content (AvgIpc) is 2.60. The number of thiocarbonyl (C=S) groups is 1. The number of hydrogen-bond acceptors (Lipinski definition) is 3. The van der Waals surface area contributed by atoms with Gasteiger partial charge in [-0.25, -0.2) is 0 Å². The highest BCUT2D eigenvalue weighted by molar-refractivity contribution is 7.80.